The van der Waals surface area contributed by atoms with E-state index >= 15 is 0 Å². The molecule has 1 rings (SSSR count). The zero-order chi connectivity index (χ0) is 20.2. The summed E-state index contributed by atoms with van der Waals surface area (Å²) < 4.78 is 5.43. The molecule has 6 nitrogen and oxygen atoms in total. The third-order valence-corrected chi connectivity index (χ3v) is 5.43. The van der Waals surface area contributed by atoms with Crippen LogP contribution in [0.3, 0.4) is 0 Å². The first-order valence-corrected chi connectivity index (χ1v) is 10.2. The van der Waals surface area contributed by atoms with Crippen molar-refractivity contribution in [2.45, 2.75) is 84.5 Å². The number of unbranched alkanes of at least 4 members (excludes halogenated alkanes) is 1. The van der Waals surface area contributed by atoms with Gasteiger partial charge in [-0.1, -0.05) is 52.4 Å². The van der Waals surface area contributed by atoms with E-state index in [1.54, 1.807) is 0 Å². The Morgan fingerprint density at radius 3 is 2.22 bits per heavy atom. The van der Waals surface area contributed by atoms with Gasteiger partial charge in [0.25, 0.3) is 0 Å². The van der Waals surface area contributed by atoms with Gasteiger partial charge in [0.15, 0.2) is 0 Å². The van der Waals surface area contributed by atoms with E-state index in [1.807, 2.05) is 0 Å². The van der Waals surface area contributed by atoms with Gasteiger partial charge in [0.05, 0.1) is 19.4 Å². The lowest BCUT2D eigenvalue weighted by molar-refractivity contribution is -0.144. The van der Waals surface area contributed by atoms with Crippen LogP contribution in [0.1, 0.15) is 84.5 Å². The Labute approximate surface area is 162 Å². The molecule has 1 saturated carbocycles. The van der Waals surface area contributed by atoms with Crippen LogP contribution < -0.4 is 0 Å². The van der Waals surface area contributed by atoms with E-state index in [2.05, 4.69) is 13.8 Å². The number of aliphatic carboxylic acids is 2. The SMILES string of the molecule is CCCCC(CC)COC(=O)CC(=C(CC(=O)O)C(=O)O)C1CCCCC1. The fourth-order valence-electron chi connectivity index (χ4n) is 3.74. The molecule has 27 heavy (non-hydrogen) atoms. The van der Waals surface area contributed by atoms with E-state index < -0.39 is 24.3 Å². The third-order valence-electron chi connectivity index (χ3n) is 5.43. The maximum atomic E-state index is 12.4. The van der Waals surface area contributed by atoms with Gasteiger partial charge in [-0.05, 0) is 36.7 Å². The first-order valence-electron chi connectivity index (χ1n) is 10.2. The van der Waals surface area contributed by atoms with E-state index in [4.69, 9.17) is 9.84 Å². The first-order chi connectivity index (χ1) is 12.9. The van der Waals surface area contributed by atoms with E-state index in [1.165, 1.54) is 0 Å². The Morgan fingerprint density at radius 1 is 1.04 bits per heavy atom. The van der Waals surface area contributed by atoms with Crippen molar-refractivity contribution >= 4 is 17.9 Å². The highest BCUT2D eigenvalue weighted by molar-refractivity contribution is 5.94. The van der Waals surface area contributed by atoms with E-state index in [0.29, 0.717) is 18.1 Å². The number of carbonyl (C=O) groups excluding carboxylic acids is 1. The number of carbonyl (C=O) groups is 3. The zero-order valence-electron chi connectivity index (χ0n) is 16.7. The Balaban J connectivity index is 2.87. The molecule has 1 unspecified atom stereocenters. The highest BCUT2D eigenvalue weighted by Crippen LogP contribution is 2.34. The molecule has 0 aliphatic heterocycles. The maximum Gasteiger partial charge on any atom is 0.332 e. The third kappa shape index (κ3) is 8.59. The molecule has 0 bridgehead atoms. The van der Waals surface area contributed by atoms with Gasteiger partial charge in [-0.3, -0.25) is 9.59 Å². The van der Waals surface area contributed by atoms with Crippen molar-refractivity contribution in [1.29, 1.82) is 0 Å². The quantitative estimate of drug-likeness (QED) is 0.379. The second-order valence-corrected chi connectivity index (χ2v) is 7.49. The summed E-state index contributed by atoms with van der Waals surface area (Å²) in [6.45, 7) is 4.53. The molecule has 0 aromatic rings. The Hall–Kier alpha value is -1.85. The van der Waals surface area contributed by atoms with Crippen LogP contribution >= 0.6 is 0 Å². The van der Waals surface area contributed by atoms with E-state index in [0.717, 1.165) is 57.8 Å². The van der Waals surface area contributed by atoms with Gasteiger partial charge in [-0.25, -0.2) is 4.79 Å². The van der Waals surface area contributed by atoms with Crippen molar-refractivity contribution in [2.24, 2.45) is 11.8 Å². The highest BCUT2D eigenvalue weighted by atomic mass is 16.5. The summed E-state index contributed by atoms with van der Waals surface area (Å²) in [5.41, 5.74) is 0.306. The minimum atomic E-state index is -1.25. The molecule has 2 N–H and O–H groups in total. The summed E-state index contributed by atoms with van der Waals surface area (Å²) in [4.78, 5) is 35.2. The molecule has 1 aliphatic rings. The molecular weight excluding hydrogens is 348 g/mol. The molecule has 0 radical (unpaired) electrons. The molecule has 1 atom stereocenters. The summed E-state index contributed by atoms with van der Waals surface area (Å²) in [7, 11) is 0. The molecule has 0 aromatic carbocycles. The van der Waals surface area contributed by atoms with E-state index in [9.17, 15) is 19.5 Å². The van der Waals surface area contributed by atoms with Crippen LogP contribution in [0.4, 0.5) is 0 Å². The van der Waals surface area contributed by atoms with Crippen molar-refractivity contribution < 1.29 is 29.3 Å². The number of hydrogen-bond donors (Lipinski definition) is 2. The van der Waals surface area contributed by atoms with E-state index in [-0.39, 0.29) is 17.9 Å². The average Bonchev–Trinajstić information content (AvgIpc) is 2.65. The summed E-state index contributed by atoms with van der Waals surface area (Å²) >= 11 is 0. The number of esters is 1. The van der Waals surface area contributed by atoms with Crippen molar-refractivity contribution in [1.82, 2.24) is 0 Å². The van der Waals surface area contributed by atoms with Crippen molar-refractivity contribution in [2.75, 3.05) is 6.61 Å². The molecule has 0 aromatic heterocycles. The van der Waals surface area contributed by atoms with Gasteiger partial charge in [0.1, 0.15) is 0 Å². The van der Waals surface area contributed by atoms with Crippen molar-refractivity contribution in [3.8, 4) is 0 Å². The van der Waals surface area contributed by atoms with Gasteiger partial charge in [0, 0.05) is 5.57 Å². The minimum absolute atomic E-state index is 0.0428. The van der Waals surface area contributed by atoms with Crippen LogP contribution in [0.15, 0.2) is 11.1 Å². The van der Waals surface area contributed by atoms with Gasteiger partial charge in [0.2, 0.25) is 0 Å². The van der Waals surface area contributed by atoms with Gasteiger partial charge < -0.3 is 14.9 Å². The lowest BCUT2D eigenvalue weighted by Crippen LogP contribution is -2.21. The molecule has 0 saturated heterocycles. The van der Waals surface area contributed by atoms with Crippen LogP contribution in [0.5, 0.6) is 0 Å². The topological polar surface area (TPSA) is 101 Å². The standard InChI is InChI=1S/C21H34O6/c1-3-5-9-15(4-2)14-27-20(24)13-17(16-10-7-6-8-11-16)18(21(25)26)12-19(22)23/h15-16H,3-14H2,1-2H3,(H,22,23)(H,25,26). The van der Waals surface area contributed by atoms with Crippen LogP contribution in [-0.4, -0.2) is 34.7 Å². The lowest BCUT2D eigenvalue weighted by Gasteiger charge is -2.26. The Morgan fingerprint density at radius 2 is 1.70 bits per heavy atom. The predicted molar refractivity (Wildman–Crippen MR) is 102 cm³/mol. The Bertz CT molecular complexity index is 531. The molecule has 6 heteroatoms. The van der Waals surface area contributed by atoms with Gasteiger partial charge in [-0.2, -0.15) is 0 Å². The fraction of sp³-hybridized carbons (Fsp3) is 0.762. The smallest absolute Gasteiger partial charge is 0.332 e. The van der Waals surface area contributed by atoms with Crippen LogP contribution in [-0.2, 0) is 19.1 Å². The number of carboxylic acid groups (broad SMARTS) is 2. The monoisotopic (exact) mass is 382 g/mol. The van der Waals surface area contributed by atoms with Crippen LogP contribution in [0, 0.1) is 11.8 Å². The van der Waals surface area contributed by atoms with Crippen LogP contribution in [0.2, 0.25) is 0 Å². The largest absolute Gasteiger partial charge is 0.481 e. The van der Waals surface area contributed by atoms with Gasteiger partial charge in [-0.15, -0.1) is 0 Å². The molecule has 0 spiro atoms. The summed E-state index contributed by atoms with van der Waals surface area (Å²) in [5.74, 6) is -2.62. The number of carboxylic acids is 2. The number of ether oxygens (including phenoxy) is 1. The first kappa shape index (κ1) is 23.2. The molecule has 1 fully saturated rings. The van der Waals surface area contributed by atoms with Crippen LogP contribution in [0.25, 0.3) is 0 Å². The molecule has 1 aliphatic carbocycles. The normalized spacial score (nSPS) is 17.1. The zero-order valence-corrected chi connectivity index (χ0v) is 16.7. The number of hydrogen-bond acceptors (Lipinski definition) is 4. The summed E-state index contributed by atoms with van der Waals surface area (Å²) in [5, 5.41) is 18.6. The van der Waals surface area contributed by atoms with Crippen molar-refractivity contribution in [3.63, 3.8) is 0 Å². The van der Waals surface area contributed by atoms with Gasteiger partial charge >= 0.3 is 17.9 Å². The lowest BCUT2D eigenvalue weighted by atomic mass is 9.80. The molecule has 0 heterocycles. The fourth-order valence-corrected chi connectivity index (χ4v) is 3.74. The average molecular weight is 382 g/mol. The highest BCUT2D eigenvalue weighted by Gasteiger charge is 2.27. The molecular formula is C21H34O6. The predicted octanol–water partition coefficient (Wildman–Crippen LogP) is 4.57. The van der Waals surface area contributed by atoms with Crippen molar-refractivity contribution in [3.05, 3.63) is 11.1 Å². The molecule has 0 amide bonds. The second kappa shape index (κ2) is 12.5. The summed E-state index contributed by atoms with van der Waals surface area (Å²) in [6.07, 6.45) is 8.05. The maximum absolute atomic E-state index is 12.4. The summed E-state index contributed by atoms with van der Waals surface area (Å²) in [6, 6.07) is 0. The number of rotatable bonds is 12. The minimum Gasteiger partial charge on any atom is -0.481 e. The molecule has 154 valence electrons. The Kier molecular flexibility index (Phi) is 10.8. The second-order valence-electron chi connectivity index (χ2n) is 7.49.